The van der Waals surface area contributed by atoms with Gasteiger partial charge in [0, 0.05) is 18.1 Å². The van der Waals surface area contributed by atoms with E-state index in [1.807, 2.05) is 12.1 Å². The molecule has 1 heterocycles. The first-order chi connectivity index (χ1) is 10.1. The molecule has 0 aliphatic heterocycles. The molecule has 0 aliphatic rings. The summed E-state index contributed by atoms with van der Waals surface area (Å²) in [7, 11) is 2.07. The smallest absolute Gasteiger partial charge is 0.123 e. The minimum absolute atomic E-state index is 0.673. The summed E-state index contributed by atoms with van der Waals surface area (Å²) in [4.78, 5) is 2.17. The summed E-state index contributed by atoms with van der Waals surface area (Å²) in [6.07, 6.45) is 1.71. The third-order valence-corrected chi connectivity index (χ3v) is 3.91. The van der Waals surface area contributed by atoms with E-state index >= 15 is 0 Å². The van der Waals surface area contributed by atoms with Crippen LogP contribution in [0.15, 0.2) is 45.5 Å². The van der Waals surface area contributed by atoms with Crippen molar-refractivity contribution in [1.82, 2.24) is 5.32 Å². The SMILES string of the molecule is CC(C)CNCc1ccc(N(C)Cc2ccco2)c(Br)c1. The summed E-state index contributed by atoms with van der Waals surface area (Å²) in [6.45, 7) is 7.14. The Hall–Kier alpha value is -1.26. The first-order valence-electron chi connectivity index (χ1n) is 7.29. The van der Waals surface area contributed by atoms with Crippen LogP contribution in [-0.4, -0.2) is 13.6 Å². The van der Waals surface area contributed by atoms with E-state index in [-0.39, 0.29) is 0 Å². The van der Waals surface area contributed by atoms with Gasteiger partial charge >= 0.3 is 0 Å². The molecule has 0 spiro atoms. The molecule has 0 saturated carbocycles. The number of halogens is 1. The molecule has 1 aromatic heterocycles. The Morgan fingerprint density at radius 1 is 1.29 bits per heavy atom. The topological polar surface area (TPSA) is 28.4 Å². The lowest BCUT2D eigenvalue weighted by molar-refractivity contribution is 0.507. The lowest BCUT2D eigenvalue weighted by atomic mass is 10.1. The molecular formula is C17H23BrN2O. The van der Waals surface area contributed by atoms with Gasteiger partial charge in [-0.05, 0) is 58.2 Å². The van der Waals surface area contributed by atoms with Gasteiger partial charge < -0.3 is 14.6 Å². The summed E-state index contributed by atoms with van der Waals surface area (Å²) in [5, 5.41) is 3.46. The predicted molar refractivity (Wildman–Crippen MR) is 91.5 cm³/mol. The van der Waals surface area contributed by atoms with Crippen LogP contribution in [0.2, 0.25) is 0 Å². The molecule has 1 N–H and O–H groups in total. The molecule has 114 valence electrons. The molecule has 21 heavy (non-hydrogen) atoms. The van der Waals surface area contributed by atoms with Crippen molar-refractivity contribution in [3.63, 3.8) is 0 Å². The minimum atomic E-state index is 0.673. The van der Waals surface area contributed by atoms with E-state index in [4.69, 9.17) is 4.42 Å². The molecule has 4 heteroatoms. The van der Waals surface area contributed by atoms with E-state index in [1.165, 1.54) is 11.3 Å². The zero-order chi connectivity index (χ0) is 15.2. The Balaban J connectivity index is 1.98. The molecule has 0 bridgehead atoms. The number of benzene rings is 1. The molecule has 0 unspecified atom stereocenters. The number of nitrogens with one attached hydrogen (secondary N) is 1. The van der Waals surface area contributed by atoms with Crippen molar-refractivity contribution in [3.8, 4) is 0 Å². The molecular weight excluding hydrogens is 328 g/mol. The van der Waals surface area contributed by atoms with E-state index in [9.17, 15) is 0 Å². The van der Waals surface area contributed by atoms with Crippen molar-refractivity contribution in [1.29, 1.82) is 0 Å². The summed E-state index contributed by atoms with van der Waals surface area (Å²) in [5.74, 6) is 1.64. The Bertz CT molecular complexity index is 552. The zero-order valence-electron chi connectivity index (χ0n) is 12.9. The van der Waals surface area contributed by atoms with E-state index in [2.05, 4.69) is 65.2 Å². The fraction of sp³-hybridized carbons (Fsp3) is 0.412. The highest BCUT2D eigenvalue weighted by molar-refractivity contribution is 9.10. The second-order valence-corrected chi connectivity index (χ2v) is 6.60. The van der Waals surface area contributed by atoms with E-state index in [0.717, 1.165) is 29.9 Å². The van der Waals surface area contributed by atoms with E-state index in [1.54, 1.807) is 6.26 Å². The van der Waals surface area contributed by atoms with Crippen LogP contribution >= 0.6 is 15.9 Å². The van der Waals surface area contributed by atoms with Crippen molar-refractivity contribution in [2.24, 2.45) is 5.92 Å². The fourth-order valence-electron chi connectivity index (χ4n) is 2.20. The summed E-state index contributed by atoms with van der Waals surface area (Å²) in [5.41, 5.74) is 2.46. The van der Waals surface area contributed by atoms with Crippen molar-refractivity contribution >= 4 is 21.6 Å². The van der Waals surface area contributed by atoms with Crippen LogP contribution < -0.4 is 10.2 Å². The average Bonchev–Trinajstić information content (AvgIpc) is 2.91. The standard InChI is InChI=1S/C17H23BrN2O/c1-13(2)10-19-11-14-6-7-17(16(18)9-14)20(3)12-15-5-4-8-21-15/h4-9,13,19H,10-12H2,1-3H3. The minimum Gasteiger partial charge on any atom is -0.467 e. The lowest BCUT2D eigenvalue weighted by Gasteiger charge is -2.20. The molecule has 2 aromatic rings. The van der Waals surface area contributed by atoms with Crippen LogP contribution in [0.4, 0.5) is 5.69 Å². The van der Waals surface area contributed by atoms with Gasteiger partial charge in [0.1, 0.15) is 5.76 Å². The molecule has 0 amide bonds. The first kappa shape index (κ1) is 16.1. The lowest BCUT2D eigenvalue weighted by Crippen LogP contribution is -2.19. The maximum atomic E-state index is 5.40. The van der Waals surface area contributed by atoms with Gasteiger partial charge in [-0.25, -0.2) is 0 Å². The normalized spacial score (nSPS) is 11.1. The largest absolute Gasteiger partial charge is 0.467 e. The maximum Gasteiger partial charge on any atom is 0.123 e. The highest BCUT2D eigenvalue weighted by Gasteiger charge is 2.08. The van der Waals surface area contributed by atoms with Gasteiger partial charge in [0.25, 0.3) is 0 Å². The highest BCUT2D eigenvalue weighted by Crippen LogP contribution is 2.27. The predicted octanol–water partition coefficient (Wildman–Crippen LogP) is 4.42. The number of hydrogen-bond donors (Lipinski definition) is 1. The molecule has 0 fully saturated rings. The third-order valence-electron chi connectivity index (χ3n) is 3.28. The van der Waals surface area contributed by atoms with Gasteiger partial charge in [0.2, 0.25) is 0 Å². The highest BCUT2D eigenvalue weighted by atomic mass is 79.9. The van der Waals surface area contributed by atoms with E-state index in [0.29, 0.717) is 5.92 Å². The molecule has 0 radical (unpaired) electrons. The second kappa shape index (κ2) is 7.66. The quantitative estimate of drug-likeness (QED) is 0.800. The van der Waals surface area contributed by atoms with Crippen LogP contribution in [0.1, 0.15) is 25.2 Å². The van der Waals surface area contributed by atoms with Gasteiger partial charge in [-0.1, -0.05) is 19.9 Å². The summed E-state index contributed by atoms with van der Waals surface area (Å²) >= 11 is 3.67. The van der Waals surface area contributed by atoms with Gasteiger partial charge in [-0.3, -0.25) is 0 Å². The van der Waals surface area contributed by atoms with Crippen LogP contribution in [0.25, 0.3) is 0 Å². The van der Waals surface area contributed by atoms with E-state index < -0.39 is 0 Å². The zero-order valence-corrected chi connectivity index (χ0v) is 14.5. The fourth-order valence-corrected chi connectivity index (χ4v) is 2.93. The molecule has 2 rings (SSSR count). The first-order valence-corrected chi connectivity index (χ1v) is 8.08. The number of furan rings is 1. The summed E-state index contributed by atoms with van der Waals surface area (Å²) in [6, 6.07) is 10.4. The Morgan fingerprint density at radius 2 is 2.10 bits per heavy atom. The van der Waals surface area contributed by atoms with Gasteiger partial charge in [-0.15, -0.1) is 0 Å². The van der Waals surface area contributed by atoms with Crippen LogP contribution in [0.5, 0.6) is 0 Å². The molecule has 1 aromatic carbocycles. The van der Waals surface area contributed by atoms with Crippen molar-refractivity contribution < 1.29 is 4.42 Å². The van der Waals surface area contributed by atoms with Crippen molar-refractivity contribution in [2.75, 3.05) is 18.5 Å². The number of hydrogen-bond acceptors (Lipinski definition) is 3. The molecule has 3 nitrogen and oxygen atoms in total. The van der Waals surface area contributed by atoms with Crippen molar-refractivity contribution in [3.05, 3.63) is 52.4 Å². The van der Waals surface area contributed by atoms with Crippen LogP contribution in [0.3, 0.4) is 0 Å². The number of anilines is 1. The third kappa shape index (κ3) is 4.90. The number of rotatable bonds is 7. The Kier molecular flexibility index (Phi) is 5.88. The maximum absolute atomic E-state index is 5.40. The van der Waals surface area contributed by atoms with Crippen LogP contribution in [-0.2, 0) is 13.1 Å². The molecule has 0 atom stereocenters. The van der Waals surface area contributed by atoms with Crippen LogP contribution in [0, 0.1) is 5.92 Å². The number of nitrogens with zero attached hydrogens (tertiary/aromatic N) is 1. The Labute approximate surface area is 135 Å². The van der Waals surface area contributed by atoms with Crippen molar-refractivity contribution in [2.45, 2.75) is 26.9 Å². The van der Waals surface area contributed by atoms with Gasteiger partial charge in [0.15, 0.2) is 0 Å². The molecule has 0 aliphatic carbocycles. The van der Waals surface area contributed by atoms with Gasteiger partial charge in [0.05, 0.1) is 18.5 Å². The monoisotopic (exact) mass is 350 g/mol. The Morgan fingerprint density at radius 3 is 2.71 bits per heavy atom. The average molecular weight is 351 g/mol. The second-order valence-electron chi connectivity index (χ2n) is 5.75. The summed E-state index contributed by atoms with van der Waals surface area (Å²) < 4.78 is 6.51. The molecule has 0 saturated heterocycles. The van der Waals surface area contributed by atoms with Gasteiger partial charge in [-0.2, -0.15) is 0 Å².